The van der Waals surface area contributed by atoms with Gasteiger partial charge in [-0.3, -0.25) is 14.7 Å². The van der Waals surface area contributed by atoms with E-state index in [1.807, 2.05) is 24.3 Å². The number of aryl methyl sites for hydroxylation is 1. The van der Waals surface area contributed by atoms with E-state index in [9.17, 15) is 13.5 Å². The number of ether oxygens (including phenoxy) is 1. The molecule has 0 radical (unpaired) electrons. The highest BCUT2D eigenvalue weighted by atomic mass is 32.2. The Morgan fingerprint density at radius 3 is 2.65 bits per heavy atom. The van der Waals surface area contributed by atoms with E-state index in [0.29, 0.717) is 18.8 Å². The van der Waals surface area contributed by atoms with Gasteiger partial charge in [-0.1, -0.05) is 24.3 Å². The van der Waals surface area contributed by atoms with Crippen LogP contribution in [0.3, 0.4) is 0 Å². The van der Waals surface area contributed by atoms with Crippen LogP contribution in [0.1, 0.15) is 23.7 Å². The second-order valence-electron chi connectivity index (χ2n) is 8.91. The van der Waals surface area contributed by atoms with Crippen molar-refractivity contribution >= 4 is 15.7 Å². The van der Waals surface area contributed by atoms with Crippen LogP contribution in [0, 0.1) is 0 Å². The second-order valence-corrected chi connectivity index (χ2v) is 10.6. The third-order valence-corrected chi connectivity index (χ3v) is 7.63. The zero-order chi connectivity index (χ0) is 25.7. The van der Waals surface area contributed by atoms with E-state index in [2.05, 4.69) is 26.1 Å². The molecule has 4 aromatic rings. The molecule has 9 heteroatoms. The summed E-state index contributed by atoms with van der Waals surface area (Å²) >= 11 is 0. The molecule has 3 heterocycles. The van der Waals surface area contributed by atoms with Crippen LogP contribution in [0.15, 0.2) is 96.3 Å². The van der Waals surface area contributed by atoms with E-state index in [-0.39, 0.29) is 11.0 Å². The maximum absolute atomic E-state index is 12.5. The van der Waals surface area contributed by atoms with E-state index in [1.165, 1.54) is 6.20 Å². The molecule has 0 saturated heterocycles. The average molecular weight is 517 g/mol. The van der Waals surface area contributed by atoms with Crippen molar-refractivity contribution in [2.45, 2.75) is 29.9 Å². The Morgan fingerprint density at radius 2 is 1.89 bits per heavy atom. The Bertz CT molecular complexity index is 1430. The van der Waals surface area contributed by atoms with E-state index in [0.717, 1.165) is 41.0 Å². The van der Waals surface area contributed by atoms with Gasteiger partial charge >= 0.3 is 0 Å². The molecule has 190 valence electrons. The summed E-state index contributed by atoms with van der Waals surface area (Å²) in [6.07, 6.45) is 6.02. The predicted molar refractivity (Wildman–Crippen MR) is 142 cm³/mol. The van der Waals surface area contributed by atoms with Gasteiger partial charge in [0.15, 0.2) is 0 Å². The van der Waals surface area contributed by atoms with Gasteiger partial charge in [0.1, 0.15) is 11.9 Å². The molecule has 8 nitrogen and oxygen atoms in total. The standard InChI is InChI=1S/C28H28N4O4S/c33-27(22-5-4-14-29-16-22)19-30-18-24-11-8-21-15-20(9-13-28(21)36-24)26-12-10-23(17-31-26)32-37(34,35)25-6-2-1-3-7-25/h1-7,9-10,12-17,24,27,30,32-33H,8,11,18-19H2. The fourth-order valence-electron chi connectivity index (χ4n) is 4.26. The van der Waals surface area contributed by atoms with Crippen LogP contribution in [0.4, 0.5) is 5.69 Å². The molecule has 0 amide bonds. The number of nitrogens with zero attached hydrogens (tertiary/aromatic N) is 2. The van der Waals surface area contributed by atoms with Crippen molar-refractivity contribution in [3.63, 3.8) is 0 Å². The maximum Gasteiger partial charge on any atom is 0.261 e. The predicted octanol–water partition coefficient (Wildman–Crippen LogP) is 3.96. The largest absolute Gasteiger partial charge is 0.489 e. The van der Waals surface area contributed by atoms with Crippen LogP contribution in [0.2, 0.25) is 0 Å². The number of fused-ring (bicyclic) bond motifs is 1. The topological polar surface area (TPSA) is 113 Å². The lowest BCUT2D eigenvalue weighted by atomic mass is 9.98. The van der Waals surface area contributed by atoms with Crippen LogP contribution < -0.4 is 14.8 Å². The van der Waals surface area contributed by atoms with Crippen LogP contribution in [-0.2, 0) is 16.4 Å². The summed E-state index contributed by atoms with van der Waals surface area (Å²) in [5, 5.41) is 13.6. The second kappa shape index (κ2) is 11.1. The van der Waals surface area contributed by atoms with Gasteiger partial charge in [0, 0.05) is 36.6 Å². The van der Waals surface area contributed by atoms with Crippen molar-refractivity contribution in [2.75, 3.05) is 17.8 Å². The summed E-state index contributed by atoms with van der Waals surface area (Å²) in [6.45, 7) is 1.07. The molecule has 1 aliphatic rings. The molecule has 0 saturated carbocycles. The minimum Gasteiger partial charge on any atom is -0.489 e. The minimum absolute atomic E-state index is 0.0227. The Balaban J connectivity index is 1.17. The number of sulfonamides is 1. The highest BCUT2D eigenvalue weighted by Gasteiger charge is 2.21. The maximum atomic E-state index is 12.5. The molecule has 0 fully saturated rings. The van der Waals surface area contributed by atoms with E-state index < -0.39 is 16.1 Å². The molecule has 0 bridgehead atoms. The molecule has 2 unspecified atom stereocenters. The zero-order valence-electron chi connectivity index (χ0n) is 20.1. The smallest absolute Gasteiger partial charge is 0.261 e. The number of hydrogen-bond acceptors (Lipinski definition) is 7. The molecule has 2 atom stereocenters. The Morgan fingerprint density at radius 1 is 1.03 bits per heavy atom. The number of hydrogen-bond donors (Lipinski definition) is 3. The third-order valence-electron chi connectivity index (χ3n) is 6.23. The first kappa shape index (κ1) is 24.9. The van der Waals surface area contributed by atoms with Crippen molar-refractivity contribution in [3.05, 3.63) is 103 Å². The van der Waals surface area contributed by atoms with Gasteiger partial charge in [-0.2, -0.15) is 0 Å². The number of pyridine rings is 2. The number of nitrogens with one attached hydrogen (secondary N) is 2. The Labute approximate surface area is 216 Å². The first-order valence-corrected chi connectivity index (χ1v) is 13.6. The van der Waals surface area contributed by atoms with Gasteiger partial charge < -0.3 is 15.2 Å². The van der Waals surface area contributed by atoms with Gasteiger partial charge in [0.25, 0.3) is 10.0 Å². The molecule has 5 rings (SSSR count). The molecular weight excluding hydrogens is 488 g/mol. The monoisotopic (exact) mass is 516 g/mol. The SMILES string of the molecule is O=S(=O)(Nc1ccc(-c2ccc3c(c2)CCC(CNCC(O)c2cccnc2)O3)nc1)c1ccccc1. The van der Waals surface area contributed by atoms with Crippen LogP contribution in [0.5, 0.6) is 5.75 Å². The molecule has 3 N–H and O–H groups in total. The summed E-state index contributed by atoms with van der Waals surface area (Å²) in [7, 11) is -3.66. The highest BCUT2D eigenvalue weighted by molar-refractivity contribution is 7.92. The minimum atomic E-state index is -3.66. The summed E-state index contributed by atoms with van der Waals surface area (Å²) in [5.41, 5.74) is 3.99. The first-order chi connectivity index (χ1) is 18.0. The summed E-state index contributed by atoms with van der Waals surface area (Å²) in [4.78, 5) is 8.71. The van der Waals surface area contributed by atoms with Crippen LogP contribution >= 0.6 is 0 Å². The van der Waals surface area contributed by atoms with Gasteiger partial charge in [-0.05, 0) is 66.9 Å². The van der Waals surface area contributed by atoms with Crippen molar-refractivity contribution in [1.29, 1.82) is 0 Å². The fraction of sp³-hybridized carbons (Fsp3) is 0.214. The normalized spacial score (nSPS) is 15.9. The van der Waals surface area contributed by atoms with Crippen molar-refractivity contribution in [2.24, 2.45) is 0 Å². The number of aromatic nitrogens is 2. The summed E-state index contributed by atoms with van der Waals surface area (Å²) in [6, 6.07) is 21.4. The quantitative estimate of drug-likeness (QED) is 0.309. The molecule has 0 aliphatic carbocycles. The fourth-order valence-corrected chi connectivity index (χ4v) is 5.32. The van der Waals surface area contributed by atoms with Crippen molar-refractivity contribution < 1.29 is 18.3 Å². The lowest BCUT2D eigenvalue weighted by Crippen LogP contribution is -2.36. The van der Waals surface area contributed by atoms with Gasteiger partial charge in [-0.15, -0.1) is 0 Å². The number of aliphatic hydroxyl groups excluding tert-OH is 1. The van der Waals surface area contributed by atoms with Gasteiger partial charge in [0.2, 0.25) is 0 Å². The number of anilines is 1. The molecule has 1 aliphatic heterocycles. The summed E-state index contributed by atoms with van der Waals surface area (Å²) < 4.78 is 33.8. The van der Waals surface area contributed by atoms with Crippen molar-refractivity contribution in [3.8, 4) is 17.0 Å². The number of aliphatic hydroxyl groups is 1. The molecule has 37 heavy (non-hydrogen) atoms. The van der Waals surface area contributed by atoms with E-state index in [1.54, 1.807) is 54.9 Å². The highest BCUT2D eigenvalue weighted by Crippen LogP contribution is 2.32. The van der Waals surface area contributed by atoms with Gasteiger partial charge in [0.05, 0.1) is 28.6 Å². The molecule has 2 aromatic carbocycles. The zero-order valence-corrected chi connectivity index (χ0v) is 20.9. The molecular formula is C28H28N4O4S. The van der Waals surface area contributed by atoms with E-state index in [4.69, 9.17) is 4.74 Å². The summed E-state index contributed by atoms with van der Waals surface area (Å²) in [5.74, 6) is 0.849. The van der Waals surface area contributed by atoms with Crippen LogP contribution in [0.25, 0.3) is 11.3 Å². The lowest BCUT2D eigenvalue weighted by Gasteiger charge is -2.27. The first-order valence-electron chi connectivity index (χ1n) is 12.1. The Kier molecular flexibility index (Phi) is 7.45. The number of benzene rings is 2. The van der Waals surface area contributed by atoms with Crippen molar-refractivity contribution in [1.82, 2.24) is 15.3 Å². The van der Waals surface area contributed by atoms with Crippen LogP contribution in [-0.4, -0.2) is 42.7 Å². The Hall–Kier alpha value is -3.79. The molecule has 2 aromatic heterocycles. The van der Waals surface area contributed by atoms with E-state index >= 15 is 0 Å². The third kappa shape index (κ3) is 6.14. The number of rotatable bonds is 9. The molecule has 0 spiro atoms. The van der Waals surface area contributed by atoms with Gasteiger partial charge in [-0.25, -0.2) is 8.42 Å². The average Bonchev–Trinajstić information content (AvgIpc) is 2.94. The lowest BCUT2D eigenvalue weighted by molar-refractivity contribution is 0.146.